The maximum atomic E-state index is 9.11. The molecule has 1 heterocycles. The van der Waals surface area contributed by atoms with E-state index in [1.165, 1.54) is 0 Å². The van der Waals surface area contributed by atoms with Gasteiger partial charge in [0.15, 0.2) is 0 Å². The Balaban J connectivity index is 2.04. The monoisotopic (exact) mass is 283 g/mol. The molecule has 0 aromatic heterocycles. The molecule has 2 rings (SSSR count). The minimum atomic E-state index is 0.0300. The van der Waals surface area contributed by atoms with E-state index in [0.717, 1.165) is 50.2 Å². The zero-order valence-electron chi connectivity index (χ0n) is 11.4. The highest BCUT2D eigenvalue weighted by Crippen LogP contribution is 2.29. The number of aliphatic hydroxyl groups excluding tert-OH is 1. The van der Waals surface area contributed by atoms with Gasteiger partial charge in [0.1, 0.15) is 0 Å². The third-order valence-corrected chi connectivity index (χ3v) is 3.77. The average Bonchev–Trinajstić information content (AvgIpc) is 2.45. The Morgan fingerprint density at radius 2 is 2.32 bits per heavy atom. The molecule has 1 aliphatic heterocycles. The van der Waals surface area contributed by atoms with Crippen LogP contribution >= 0.6 is 11.6 Å². The average molecular weight is 284 g/mol. The zero-order valence-corrected chi connectivity index (χ0v) is 12.2. The minimum Gasteiger partial charge on any atom is -0.392 e. The molecule has 1 saturated heterocycles. The molecular weight excluding hydrogens is 262 g/mol. The summed E-state index contributed by atoms with van der Waals surface area (Å²) in [5.41, 5.74) is 1.90. The highest BCUT2D eigenvalue weighted by Gasteiger charge is 2.21. The van der Waals surface area contributed by atoms with Gasteiger partial charge in [-0.15, -0.1) is 0 Å². The normalized spacial score (nSPS) is 19.7. The van der Waals surface area contributed by atoms with Crippen molar-refractivity contribution >= 4 is 17.3 Å². The van der Waals surface area contributed by atoms with E-state index < -0.39 is 0 Å². The molecule has 3 nitrogen and oxygen atoms in total. The lowest BCUT2D eigenvalue weighted by Crippen LogP contribution is -2.40. The molecule has 0 aliphatic carbocycles. The largest absolute Gasteiger partial charge is 0.392 e. The van der Waals surface area contributed by atoms with Crippen LogP contribution in [0.2, 0.25) is 5.02 Å². The highest BCUT2D eigenvalue weighted by molar-refractivity contribution is 6.33. The molecule has 1 fully saturated rings. The molecule has 19 heavy (non-hydrogen) atoms. The number of rotatable bonds is 5. The fourth-order valence-corrected chi connectivity index (χ4v) is 2.81. The Hall–Kier alpha value is -0.770. The number of anilines is 1. The van der Waals surface area contributed by atoms with Gasteiger partial charge >= 0.3 is 0 Å². The number of aliphatic hydroxyl groups is 1. The highest BCUT2D eigenvalue weighted by atomic mass is 35.5. The predicted molar refractivity (Wildman–Crippen MR) is 78.9 cm³/mol. The molecule has 1 aromatic carbocycles. The van der Waals surface area contributed by atoms with Gasteiger partial charge in [0.2, 0.25) is 0 Å². The van der Waals surface area contributed by atoms with Crippen molar-refractivity contribution < 1.29 is 9.84 Å². The van der Waals surface area contributed by atoms with Gasteiger partial charge in [-0.25, -0.2) is 0 Å². The summed E-state index contributed by atoms with van der Waals surface area (Å²) in [6.45, 7) is 4.91. The van der Waals surface area contributed by atoms with Crippen LogP contribution in [0.4, 0.5) is 5.69 Å². The Morgan fingerprint density at radius 3 is 3.00 bits per heavy atom. The van der Waals surface area contributed by atoms with Crippen molar-refractivity contribution in [2.45, 2.75) is 38.9 Å². The van der Waals surface area contributed by atoms with Crippen LogP contribution in [-0.4, -0.2) is 30.9 Å². The zero-order chi connectivity index (χ0) is 13.7. The summed E-state index contributed by atoms with van der Waals surface area (Å²) in [6, 6.07) is 5.77. The molecule has 0 saturated carbocycles. The van der Waals surface area contributed by atoms with Crippen molar-refractivity contribution in [1.82, 2.24) is 0 Å². The summed E-state index contributed by atoms with van der Waals surface area (Å²) < 4.78 is 5.84. The Kier molecular flexibility index (Phi) is 5.49. The lowest BCUT2D eigenvalue weighted by atomic mass is 10.1. The number of ether oxygens (including phenoxy) is 1. The molecule has 1 N–H and O–H groups in total. The van der Waals surface area contributed by atoms with Crippen molar-refractivity contribution in [3.05, 3.63) is 28.8 Å². The predicted octanol–water partition coefficient (Wildman–Crippen LogP) is 3.23. The van der Waals surface area contributed by atoms with E-state index in [4.69, 9.17) is 21.4 Å². The molecule has 0 bridgehead atoms. The van der Waals surface area contributed by atoms with Crippen LogP contribution in [0.25, 0.3) is 0 Å². The Morgan fingerprint density at radius 1 is 1.47 bits per heavy atom. The third-order valence-electron chi connectivity index (χ3n) is 3.47. The van der Waals surface area contributed by atoms with Crippen LogP contribution in [0.5, 0.6) is 0 Å². The van der Waals surface area contributed by atoms with Gasteiger partial charge in [-0.2, -0.15) is 0 Å². The molecule has 106 valence electrons. The number of nitrogens with zero attached hydrogens (tertiary/aromatic N) is 1. The number of hydrogen-bond donors (Lipinski definition) is 1. The van der Waals surface area contributed by atoms with Crippen LogP contribution in [0, 0.1) is 0 Å². The van der Waals surface area contributed by atoms with Crippen molar-refractivity contribution in [2.24, 2.45) is 0 Å². The van der Waals surface area contributed by atoms with E-state index in [1.54, 1.807) is 0 Å². The van der Waals surface area contributed by atoms with Crippen molar-refractivity contribution in [3.8, 4) is 0 Å². The van der Waals surface area contributed by atoms with Crippen molar-refractivity contribution in [2.75, 3.05) is 24.6 Å². The van der Waals surface area contributed by atoms with Crippen LogP contribution < -0.4 is 4.90 Å². The van der Waals surface area contributed by atoms with Gasteiger partial charge in [0, 0.05) is 19.7 Å². The second kappa shape index (κ2) is 7.13. The van der Waals surface area contributed by atoms with E-state index in [2.05, 4.69) is 11.8 Å². The SMILES string of the molecule is CCCOC1CCCN(c2ccc(CO)cc2Cl)C1. The Labute approximate surface area is 120 Å². The summed E-state index contributed by atoms with van der Waals surface area (Å²) >= 11 is 6.30. The summed E-state index contributed by atoms with van der Waals surface area (Å²) in [4.78, 5) is 2.29. The number of halogens is 1. The molecule has 1 atom stereocenters. The topological polar surface area (TPSA) is 32.7 Å². The summed E-state index contributed by atoms with van der Waals surface area (Å²) in [6.07, 6.45) is 3.62. The number of benzene rings is 1. The maximum Gasteiger partial charge on any atom is 0.0750 e. The van der Waals surface area contributed by atoms with Crippen molar-refractivity contribution in [3.63, 3.8) is 0 Å². The summed E-state index contributed by atoms with van der Waals surface area (Å²) in [7, 11) is 0. The Bertz CT molecular complexity index is 411. The fraction of sp³-hybridized carbons (Fsp3) is 0.600. The molecule has 0 amide bonds. The molecule has 1 aliphatic rings. The molecule has 0 spiro atoms. The second-order valence-corrected chi connectivity index (χ2v) is 5.43. The van der Waals surface area contributed by atoms with Gasteiger partial charge in [-0.05, 0) is 37.0 Å². The first-order valence-electron chi connectivity index (χ1n) is 7.00. The molecule has 1 unspecified atom stereocenters. The van der Waals surface area contributed by atoms with Gasteiger partial charge in [-0.3, -0.25) is 0 Å². The van der Waals surface area contributed by atoms with Gasteiger partial charge in [-0.1, -0.05) is 24.6 Å². The van der Waals surface area contributed by atoms with Crippen LogP contribution in [0.1, 0.15) is 31.7 Å². The molecule has 4 heteroatoms. The number of hydrogen-bond acceptors (Lipinski definition) is 3. The van der Waals surface area contributed by atoms with Gasteiger partial charge in [0.05, 0.1) is 23.4 Å². The van der Waals surface area contributed by atoms with E-state index in [-0.39, 0.29) is 6.61 Å². The minimum absolute atomic E-state index is 0.0300. The maximum absolute atomic E-state index is 9.11. The standard InChI is InChI=1S/C15H22ClNO2/c1-2-8-19-13-4-3-7-17(10-13)15-6-5-12(11-18)9-14(15)16/h5-6,9,13,18H,2-4,7-8,10-11H2,1H3. The summed E-state index contributed by atoms with van der Waals surface area (Å²) in [5.74, 6) is 0. The smallest absolute Gasteiger partial charge is 0.0750 e. The molecule has 0 radical (unpaired) electrons. The van der Waals surface area contributed by atoms with Gasteiger partial charge in [0.25, 0.3) is 0 Å². The first-order valence-corrected chi connectivity index (χ1v) is 7.38. The molecule has 1 aromatic rings. The van der Waals surface area contributed by atoms with E-state index in [0.29, 0.717) is 11.1 Å². The first-order chi connectivity index (χ1) is 9.24. The lowest BCUT2D eigenvalue weighted by molar-refractivity contribution is 0.0440. The van der Waals surface area contributed by atoms with Gasteiger partial charge < -0.3 is 14.7 Å². The summed E-state index contributed by atoms with van der Waals surface area (Å²) in [5, 5.41) is 9.82. The number of piperidine rings is 1. The van der Waals surface area contributed by atoms with Crippen LogP contribution in [-0.2, 0) is 11.3 Å². The lowest BCUT2D eigenvalue weighted by Gasteiger charge is -2.34. The van der Waals surface area contributed by atoms with Crippen LogP contribution in [0.15, 0.2) is 18.2 Å². The fourth-order valence-electron chi connectivity index (χ4n) is 2.48. The molecular formula is C15H22ClNO2. The van der Waals surface area contributed by atoms with E-state index in [1.807, 2.05) is 18.2 Å². The van der Waals surface area contributed by atoms with Crippen molar-refractivity contribution in [1.29, 1.82) is 0 Å². The van der Waals surface area contributed by atoms with E-state index >= 15 is 0 Å². The van der Waals surface area contributed by atoms with Crippen LogP contribution in [0.3, 0.4) is 0 Å². The third kappa shape index (κ3) is 3.85. The van der Waals surface area contributed by atoms with E-state index in [9.17, 15) is 0 Å². The second-order valence-electron chi connectivity index (χ2n) is 5.02. The quantitative estimate of drug-likeness (QED) is 0.900. The first kappa shape index (κ1) is 14.6.